The number of hydrogen-bond acceptors (Lipinski definition) is 4. The molecule has 1 amide bonds. The highest BCUT2D eigenvalue weighted by atomic mass is 35.5. The van der Waals surface area contributed by atoms with Gasteiger partial charge < -0.3 is 11.1 Å². The van der Waals surface area contributed by atoms with Crippen molar-refractivity contribution in [2.45, 2.75) is 37.1 Å². The highest BCUT2D eigenvalue weighted by molar-refractivity contribution is 7.89. The monoisotopic (exact) mass is 375 g/mol. The van der Waals surface area contributed by atoms with E-state index in [1.807, 2.05) is 0 Å². The normalized spacial score (nSPS) is 12.1. The minimum atomic E-state index is -3.58. The van der Waals surface area contributed by atoms with E-state index < -0.39 is 10.0 Å². The topological polar surface area (TPSA) is 101 Å². The van der Waals surface area contributed by atoms with Crippen molar-refractivity contribution in [1.29, 1.82) is 0 Å². The Morgan fingerprint density at radius 2 is 1.96 bits per heavy atom. The highest BCUT2D eigenvalue weighted by Crippen LogP contribution is 2.11. The summed E-state index contributed by atoms with van der Waals surface area (Å²) in [7, 11) is -3.58. The van der Waals surface area contributed by atoms with Gasteiger partial charge in [0.2, 0.25) is 10.0 Å². The Kier molecular flexibility index (Phi) is 10.5. The van der Waals surface area contributed by atoms with Gasteiger partial charge in [0.05, 0.1) is 4.90 Å². The van der Waals surface area contributed by atoms with Crippen LogP contribution in [0.3, 0.4) is 0 Å². The molecule has 136 valence electrons. The lowest BCUT2D eigenvalue weighted by Gasteiger charge is -2.16. The third-order valence-corrected chi connectivity index (χ3v) is 4.81. The SMILES string of the molecule is C=CCNS(=O)(=O)c1ccc(C(=O)NC(CN)CCCC)cc1.Cl. The Morgan fingerprint density at radius 3 is 2.46 bits per heavy atom. The van der Waals surface area contributed by atoms with Gasteiger partial charge in [-0.15, -0.1) is 19.0 Å². The number of carbonyl (C=O) groups is 1. The number of sulfonamides is 1. The first kappa shape index (κ1) is 22.6. The largest absolute Gasteiger partial charge is 0.348 e. The first-order chi connectivity index (χ1) is 10.9. The molecule has 0 saturated heterocycles. The quantitative estimate of drug-likeness (QED) is 0.543. The van der Waals surface area contributed by atoms with Gasteiger partial charge in [0, 0.05) is 24.7 Å². The fourth-order valence-corrected chi connectivity index (χ4v) is 3.00. The maximum absolute atomic E-state index is 12.2. The summed E-state index contributed by atoms with van der Waals surface area (Å²) >= 11 is 0. The molecule has 6 nitrogen and oxygen atoms in total. The number of benzene rings is 1. The van der Waals surface area contributed by atoms with Crippen LogP contribution in [0.25, 0.3) is 0 Å². The van der Waals surface area contributed by atoms with E-state index in [1.54, 1.807) is 0 Å². The van der Waals surface area contributed by atoms with Crippen LogP contribution in [-0.4, -0.2) is 33.5 Å². The molecule has 0 spiro atoms. The fraction of sp³-hybridized carbons (Fsp3) is 0.438. The minimum absolute atomic E-state index is 0. The number of nitrogens with two attached hydrogens (primary N) is 1. The molecule has 0 bridgehead atoms. The summed E-state index contributed by atoms with van der Waals surface area (Å²) in [5.41, 5.74) is 6.06. The summed E-state index contributed by atoms with van der Waals surface area (Å²) in [4.78, 5) is 12.3. The summed E-state index contributed by atoms with van der Waals surface area (Å²) < 4.78 is 26.3. The number of hydrogen-bond donors (Lipinski definition) is 3. The average molecular weight is 376 g/mol. The van der Waals surface area contributed by atoms with E-state index in [0.29, 0.717) is 12.1 Å². The molecule has 0 saturated carbocycles. The molecule has 4 N–H and O–H groups in total. The summed E-state index contributed by atoms with van der Waals surface area (Å²) in [5.74, 6) is -0.250. The Bertz CT molecular complexity index is 618. The van der Waals surface area contributed by atoms with Crippen LogP contribution in [0.1, 0.15) is 36.5 Å². The van der Waals surface area contributed by atoms with Gasteiger partial charge >= 0.3 is 0 Å². The van der Waals surface area contributed by atoms with E-state index >= 15 is 0 Å². The van der Waals surface area contributed by atoms with E-state index in [1.165, 1.54) is 30.3 Å². The van der Waals surface area contributed by atoms with E-state index in [0.717, 1.165) is 19.3 Å². The Hall–Kier alpha value is -1.41. The van der Waals surface area contributed by atoms with Gasteiger partial charge in [-0.25, -0.2) is 13.1 Å². The molecule has 1 unspecified atom stereocenters. The van der Waals surface area contributed by atoms with Crippen molar-refractivity contribution in [2.24, 2.45) is 5.73 Å². The van der Waals surface area contributed by atoms with Gasteiger partial charge in [0.25, 0.3) is 5.91 Å². The minimum Gasteiger partial charge on any atom is -0.348 e. The first-order valence-corrected chi connectivity index (χ1v) is 9.14. The molecular weight excluding hydrogens is 350 g/mol. The van der Waals surface area contributed by atoms with Crippen LogP contribution in [0.15, 0.2) is 41.8 Å². The molecule has 24 heavy (non-hydrogen) atoms. The third-order valence-electron chi connectivity index (χ3n) is 3.37. The lowest BCUT2D eigenvalue weighted by molar-refractivity contribution is 0.0935. The van der Waals surface area contributed by atoms with Crippen LogP contribution >= 0.6 is 12.4 Å². The Balaban J connectivity index is 0.00000529. The number of nitrogens with one attached hydrogen (secondary N) is 2. The van der Waals surface area contributed by atoms with Gasteiger partial charge in [0.15, 0.2) is 0 Å². The van der Waals surface area contributed by atoms with Gasteiger partial charge in [-0.2, -0.15) is 0 Å². The van der Waals surface area contributed by atoms with Crippen molar-refractivity contribution in [2.75, 3.05) is 13.1 Å². The number of halogens is 1. The van der Waals surface area contributed by atoms with E-state index in [2.05, 4.69) is 23.5 Å². The molecule has 0 aromatic heterocycles. The zero-order chi connectivity index (χ0) is 17.3. The van der Waals surface area contributed by atoms with Crippen LogP contribution in [0.5, 0.6) is 0 Å². The molecule has 0 heterocycles. The van der Waals surface area contributed by atoms with Crippen molar-refractivity contribution < 1.29 is 13.2 Å². The molecule has 0 aliphatic carbocycles. The first-order valence-electron chi connectivity index (χ1n) is 7.66. The predicted molar refractivity (Wildman–Crippen MR) is 98.9 cm³/mol. The molecular formula is C16H26ClN3O3S. The van der Waals surface area contributed by atoms with Crippen molar-refractivity contribution in [3.63, 3.8) is 0 Å². The fourth-order valence-electron chi connectivity index (χ4n) is 2.01. The smallest absolute Gasteiger partial charge is 0.251 e. The molecule has 1 rings (SSSR count). The standard InChI is InChI=1S/C16H25N3O3S.ClH/c1-3-5-6-14(12-17)19-16(20)13-7-9-15(10-8-13)23(21,22)18-11-4-2;/h4,7-10,14,18H,2-3,5-6,11-12,17H2,1H3,(H,19,20);1H. The zero-order valence-corrected chi connectivity index (χ0v) is 15.5. The molecule has 1 atom stereocenters. The molecule has 1 aromatic carbocycles. The number of rotatable bonds is 10. The Labute approximate surface area is 150 Å². The second kappa shape index (κ2) is 11.2. The lowest BCUT2D eigenvalue weighted by Crippen LogP contribution is -2.40. The highest BCUT2D eigenvalue weighted by Gasteiger charge is 2.15. The van der Waals surface area contributed by atoms with E-state index in [4.69, 9.17) is 5.73 Å². The molecule has 8 heteroatoms. The second-order valence-electron chi connectivity index (χ2n) is 5.21. The number of amides is 1. The summed E-state index contributed by atoms with van der Waals surface area (Å²) in [6.07, 6.45) is 4.32. The van der Waals surface area contributed by atoms with Crippen LogP contribution in [0, 0.1) is 0 Å². The van der Waals surface area contributed by atoms with Crippen LogP contribution in [0.2, 0.25) is 0 Å². The van der Waals surface area contributed by atoms with Crippen LogP contribution < -0.4 is 15.8 Å². The van der Waals surface area contributed by atoms with Gasteiger partial charge in [-0.1, -0.05) is 25.8 Å². The van der Waals surface area contributed by atoms with Gasteiger partial charge in [-0.3, -0.25) is 4.79 Å². The maximum Gasteiger partial charge on any atom is 0.251 e. The molecule has 0 aliphatic heterocycles. The van der Waals surface area contributed by atoms with Crippen LogP contribution in [0.4, 0.5) is 0 Å². The summed E-state index contributed by atoms with van der Waals surface area (Å²) in [6.45, 7) is 6.07. The van der Waals surface area contributed by atoms with Crippen molar-refractivity contribution in [1.82, 2.24) is 10.0 Å². The maximum atomic E-state index is 12.2. The van der Waals surface area contributed by atoms with Crippen molar-refractivity contribution >= 4 is 28.3 Å². The van der Waals surface area contributed by atoms with E-state index in [-0.39, 0.29) is 35.8 Å². The second-order valence-corrected chi connectivity index (χ2v) is 6.98. The molecule has 0 radical (unpaired) electrons. The summed E-state index contributed by atoms with van der Waals surface area (Å²) in [5, 5.41) is 2.87. The summed E-state index contributed by atoms with van der Waals surface area (Å²) in [6, 6.07) is 5.73. The average Bonchev–Trinajstić information content (AvgIpc) is 2.56. The van der Waals surface area contributed by atoms with Crippen molar-refractivity contribution in [3.05, 3.63) is 42.5 Å². The predicted octanol–water partition coefficient (Wildman–Crippen LogP) is 1.82. The number of unbranched alkanes of at least 4 members (excludes halogenated alkanes) is 1. The van der Waals surface area contributed by atoms with Crippen molar-refractivity contribution in [3.8, 4) is 0 Å². The number of carbonyl (C=O) groups excluding carboxylic acids is 1. The molecule has 1 aromatic rings. The van der Waals surface area contributed by atoms with Gasteiger partial charge in [0.1, 0.15) is 0 Å². The molecule has 0 aliphatic rings. The lowest BCUT2D eigenvalue weighted by atomic mass is 10.1. The third kappa shape index (κ3) is 7.00. The van der Waals surface area contributed by atoms with E-state index in [9.17, 15) is 13.2 Å². The van der Waals surface area contributed by atoms with Gasteiger partial charge in [-0.05, 0) is 30.7 Å². The van der Waals surface area contributed by atoms with Crippen LogP contribution in [-0.2, 0) is 10.0 Å². The Morgan fingerprint density at radius 1 is 1.33 bits per heavy atom. The zero-order valence-electron chi connectivity index (χ0n) is 13.8. The molecule has 0 fully saturated rings.